The van der Waals surface area contributed by atoms with Gasteiger partial charge in [0.25, 0.3) is 0 Å². The lowest BCUT2D eigenvalue weighted by atomic mass is 9.86. The summed E-state index contributed by atoms with van der Waals surface area (Å²) in [6.45, 7) is 3.98. The second-order valence-corrected chi connectivity index (χ2v) is 9.33. The minimum absolute atomic E-state index is 0. The van der Waals surface area contributed by atoms with Crippen LogP contribution in [-0.2, 0) is 15.6 Å². The molecule has 33 heavy (non-hydrogen) atoms. The number of hydrogen-bond donors (Lipinski definition) is 3. The normalized spacial score (nSPS) is 17.9. The van der Waals surface area contributed by atoms with Gasteiger partial charge in [0.05, 0.1) is 11.1 Å². The molecule has 0 spiro atoms. The molecule has 2 heterocycles. The number of hydrogen-bond acceptors (Lipinski definition) is 4. The number of carbonyl (C=O) groups is 1. The van der Waals surface area contributed by atoms with Crippen molar-refractivity contribution in [3.05, 3.63) is 53.5 Å². The van der Waals surface area contributed by atoms with Crippen LogP contribution in [0, 0.1) is 5.82 Å². The zero-order valence-corrected chi connectivity index (χ0v) is 18.1. The Labute approximate surface area is 192 Å². The summed E-state index contributed by atoms with van der Waals surface area (Å²) in [4.78, 5) is 16.3. The molecule has 2 aliphatic rings. The van der Waals surface area contributed by atoms with E-state index in [1.165, 1.54) is 18.2 Å². The molecule has 180 valence electrons. The van der Waals surface area contributed by atoms with Crippen LogP contribution in [0.3, 0.4) is 0 Å². The Bertz CT molecular complexity index is 1280. The zero-order chi connectivity index (χ0) is 23.6. The monoisotopic (exact) mass is 466 g/mol. The van der Waals surface area contributed by atoms with Gasteiger partial charge in [-0.25, -0.2) is 4.39 Å². The molecule has 3 aromatic rings. The number of aromatic amines is 1. The average molecular weight is 467 g/mol. The van der Waals surface area contributed by atoms with Crippen LogP contribution >= 0.6 is 0 Å². The number of ether oxygens (including phenoxy) is 2. The van der Waals surface area contributed by atoms with Crippen LogP contribution in [0.25, 0.3) is 10.9 Å². The maximum Gasteiger partial charge on any atom is 0.586 e. The van der Waals surface area contributed by atoms with Gasteiger partial charge in [-0.15, -0.1) is 8.78 Å². The largest absolute Gasteiger partial charge is 0.586 e. The third kappa shape index (κ3) is 3.70. The van der Waals surface area contributed by atoms with Crippen molar-refractivity contribution in [1.82, 2.24) is 4.98 Å². The van der Waals surface area contributed by atoms with Gasteiger partial charge in [-0.2, -0.15) is 0 Å². The maximum atomic E-state index is 14.8. The summed E-state index contributed by atoms with van der Waals surface area (Å²) in [5, 5.41) is 12.7. The van der Waals surface area contributed by atoms with Crippen molar-refractivity contribution in [2.45, 2.75) is 50.2 Å². The second kappa shape index (κ2) is 7.15. The van der Waals surface area contributed by atoms with E-state index in [0.29, 0.717) is 30.3 Å². The molecule has 3 N–H and O–H groups in total. The lowest BCUT2D eigenvalue weighted by Gasteiger charge is -2.21. The van der Waals surface area contributed by atoms with Crippen molar-refractivity contribution in [2.75, 3.05) is 11.9 Å². The minimum Gasteiger partial charge on any atom is -0.396 e. The van der Waals surface area contributed by atoms with Crippen LogP contribution in [0.2, 0.25) is 0 Å². The molecular weight excluding hydrogens is 437 g/mol. The number of alkyl halides is 2. The minimum atomic E-state index is -3.74. The van der Waals surface area contributed by atoms with E-state index >= 15 is 0 Å². The molecule has 0 bridgehead atoms. The molecule has 0 atom stereocenters. The summed E-state index contributed by atoms with van der Waals surface area (Å²) < 4.78 is 50.4. The van der Waals surface area contributed by atoms with Crippen molar-refractivity contribution < 1.29 is 36.8 Å². The van der Waals surface area contributed by atoms with Crippen LogP contribution in [0.1, 0.15) is 48.6 Å². The number of aliphatic hydroxyl groups is 1. The molecule has 9 heteroatoms. The number of anilines is 1. The van der Waals surface area contributed by atoms with E-state index in [2.05, 4.69) is 19.8 Å². The molecule has 0 unspecified atom stereocenters. The van der Waals surface area contributed by atoms with E-state index in [1.54, 1.807) is 12.1 Å². The number of fused-ring (bicyclic) bond motifs is 2. The summed E-state index contributed by atoms with van der Waals surface area (Å²) in [7, 11) is 0. The summed E-state index contributed by atoms with van der Waals surface area (Å²) in [5.74, 6) is -1.23. The number of H-pyrrole nitrogens is 1. The molecule has 2 aromatic carbocycles. The highest BCUT2D eigenvalue weighted by Crippen LogP contribution is 2.52. The highest BCUT2D eigenvalue weighted by molar-refractivity contribution is 6.02. The van der Waals surface area contributed by atoms with E-state index in [-0.39, 0.29) is 33.5 Å². The third-order valence-corrected chi connectivity index (χ3v) is 6.56. The van der Waals surface area contributed by atoms with Gasteiger partial charge >= 0.3 is 6.29 Å². The molecule has 1 aromatic heterocycles. The van der Waals surface area contributed by atoms with Crippen LogP contribution in [0.4, 0.5) is 18.9 Å². The first-order valence-electron chi connectivity index (χ1n) is 10.7. The number of rotatable bonds is 6. The molecule has 0 saturated heterocycles. The molecular formula is C24H29F3N2O4. The maximum absolute atomic E-state index is 14.8. The molecule has 1 aliphatic carbocycles. The second-order valence-electron chi connectivity index (χ2n) is 9.33. The lowest BCUT2D eigenvalue weighted by molar-refractivity contribution is -0.286. The SMILES string of the molecule is CC(C)(CCO)c1cc2cc(NC(=O)C3(c4ccc5c(c4)OC(F)(F)O5)CC3)c(F)cc2[nH]1.[HH].[HH].[HH]. The number of nitrogens with one attached hydrogen (secondary N) is 2. The van der Waals surface area contributed by atoms with Crippen LogP contribution in [0.15, 0.2) is 36.4 Å². The number of carbonyl (C=O) groups excluding carboxylic acids is 1. The topological polar surface area (TPSA) is 83.6 Å². The van der Waals surface area contributed by atoms with Gasteiger partial charge in [-0.05, 0) is 49.1 Å². The highest BCUT2D eigenvalue weighted by atomic mass is 19.3. The number of aromatic nitrogens is 1. The van der Waals surface area contributed by atoms with Crippen LogP contribution in [0.5, 0.6) is 11.5 Å². The summed E-state index contributed by atoms with van der Waals surface area (Å²) in [6.07, 6.45) is -2.19. The number of amides is 1. The quantitative estimate of drug-likeness (QED) is 0.435. The first-order chi connectivity index (χ1) is 15.5. The van der Waals surface area contributed by atoms with Gasteiger partial charge in [0, 0.05) is 39.0 Å². The van der Waals surface area contributed by atoms with E-state index in [0.717, 1.165) is 11.1 Å². The summed E-state index contributed by atoms with van der Waals surface area (Å²) in [5.41, 5.74) is 0.716. The van der Waals surface area contributed by atoms with E-state index in [1.807, 2.05) is 19.9 Å². The molecule has 1 saturated carbocycles. The molecule has 1 amide bonds. The summed E-state index contributed by atoms with van der Waals surface area (Å²) >= 11 is 0. The molecule has 6 nitrogen and oxygen atoms in total. The van der Waals surface area contributed by atoms with Crippen molar-refractivity contribution in [3.8, 4) is 11.5 Å². The Balaban J connectivity index is 0.00000152. The predicted molar refractivity (Wildman–Crippen MR) is 122 cm³/mol. The molecule has 0 radical (unpaired) electrons. The Hall–Kier alpha value is -3.20. The third-order valence-electron chi connectivity index (χ3n) is 6.56. The fraction of sp³-hybridized carbons (Fsp3) is 0.375. The number of halogens is 3. The van der Waals surface area contributed by atoms with Crippen LogP contribution < -0.4 is 14.8 Å². The van der Waals surface area contributed by atoms with Crippen molar-refractivity contribution >= 4 is 22.5 Å². The van der Waals surface area contributed by atoms with Gasteiger partial charge in [0.15, 0.2) is 11.5 Å². The fourth-order valence-electron chi connectivity index (χ4n) is 4.29. The van der Waals surface area contributed by atoms with E-state index < -0.39 is 23.4 Å². The first-order valence-corrected chi connectivity index (χ1v) is 10.7. The first kappa shape index (κ1) is 21.6. The van der Waals surface area contributed by atoms with Gasteiger partial charge in [0.1, 0.15) is 5.82 Å². The number of aliphatic hydroxyl groups excluding tert-OH is 1. The van der Waals surface area contributed by atoms with Crippen LogP contribution in [-0.4, -0.2) is 28.9 Å². The fourth-order valence-corrected chi connectivity index (χ4v) is 4.29. The smallest absolute Gasteiger partial charge is 0.396 e. The Morgan fingerprint density at radius 2 is 1.91 bits per heavy atom. The molecule has 5 rings (SSSR count). The summed E-state index contributed by atoms with van der Waals surface area (Å²) in [6, 6.07) is 9.05. The van der Waals surface area contributed by atoms with Crippen molar-refractivity contribution in [2.24, 2.45) is 0 Å². The predicted octanol–water partition coefficient (Wildman–Crippen LogP) is 5.70. The van der Waals surface area contributed by atoms with E-state index in [9.17, 15) is 23.1 Å². The van der Waals surface area contributed by atoms with Gasteiger partial charge in [-0.3, -0.25) is 4.79 Å². The Morgan fingerprint density at radius 3 is 2.61 bits per heavy atom. The average Bonchev–Trinajstić information content (AvgIpc) is 3.34. The molecule has 1 fully saturated rings. The van der Waals surface area contributed by atoms with E-state index in [4.69, 9.17) is 0 Å². The highest BCUT2D eigenvalue weighted by Gasteiger charge is 2.53. The van der Waals surface area contributed by atoms with Gasteiger partial charge < -0.3 is 24.9 Å². The van der Waals surface area contributed by atoms with Crippen molar-refractivity contribution in [3.63, 3.8) is 0 Å². The number of benzene rings is 2. The van der Waals surface area contributed by atoms with Crippen molar-refractivity contribution in [1.29, 1.82) is 0 Å². The van der Waals surface area contributed by atoms with Gasteiger partial charge in [0.2, 0.25) is 5.91 Å². The zero-order valence-electron chi connectivity index (χ0n) is 18.1. The Morgan fingerprint density at radius 1 is 1.18 bits per heavy atom. The van der Waals surface area contributed by atoms with Gasteiger partial charge in [-0.1, -0.05) is 19.9 Å². The Kier molecular flexibility index (Phi) is 4.69. The molecule has 1 aliphatic heterocycles. The standard InChI is InChI=1S/C24H23F3N2O4.3H2/c1-22(2,7-8-30)20-10-13-9-17(15(25)12-16(13)28-20)29-21(31)23(5-6-23)14-3-4-18-19(11-14)33-24(26,27)32-18;;;/h3-4,9-12,28,30H,5-8H2,1-2H3,(H,29,31);3*1H. The lowest BCUT2D eigenvalue weighted by Crippen LogP contribution is -2.28.